The van der Waals surface area contributed by atoms with Crippen molar-refractivity contribution in [3.63, 3.8) is 0 Å². The molecule has 1 aromatic heterocycles. The molecule has 2 heterocycles. The third kappa shape index (κ3) is 5.41. The summed E-state index contributed by atoms with van der Waals surface area (Å²) in [6, 6.07) is 19.7. The monoisotopic (exact) mass is 393 g/mol. The first-order valence-electron chi connectivity index (χ1n) is 9.87. The van der Waals surface area contributed by atoms with Crippen molar-refractivity contribution in [1.82, 2.24) is 15.2 Å². The van der Waals surface area contributed by atoms with Crippen molar-refractivity contribution in [1.29, 1.82) is 0 Å². The average molecular weight is 394 g/mol. The van der Waals surface area contributed by atoms with Crippen molar-refractivity contribution in [2.45, 2.75) is 39.1 Å². The first-order valence-corrected chi connectivity index (χ1v) is 10.7. The highest BCUT2D eigenvalue weighted by Gasteiger charge is 2.21. The molecule has 3 aromatic rings. The molecule has 0 aliphatic carbocycles. The van der Waals surface area contributed by atoms with Crippen LogP contribution < -0.4 is 10.1 Å². The van der Waals surface area contributed by atoms with E-state index in [2.05, 4.69) is 63.0 Å². The third-order valence-corrected chi connectivity index (χ3v) is 5.92. The molecule has 0 bridgehead atoms. The molecule has 5 heteroatoms. The van der Waals surface area contributed by atoms with Gasteiger partial charge in [0.25, 0.3) is 0 Å². The lowest BCUT2D eigenvalue weighted by atomic mass is 10.2. The van der Waals surface area contributed by atoms with Gasteiger partial charge in [-0.1, -0.05) is 42.5 Å². The van der Waals surface area contributed by atoms with Gasteiger partial charge in [0.15, 0.2) is 0 Å². The lowest BCUT2D eigenvalue weighted by Crippen LogP contribution is -2.31. The molecule has 28 heavy (non-hydrogen) atoms. The summed E-state index contributed by atoms with van der Waals surface area (Å²) in [5.41, 5.74) is 3.68. The number of nitrogens with one attached hydrogen (secondary N) is 1. The van der Waals surface area contributed by atoms with Gasteiger partial charge in [0.1, 0.15) is 12.4 Å². The number of nitrogens with zero attached hydrogens (tertiary/aromatic N) is 2. The van der Waals surface area contributed by atoms with E-state index in [1.807, 2.05) is 19.1 Å². The highest BCUT2D eigenvalue weighted by atomic mass is 32.1. The number of aromatic nitrogens is 1. The number of aryl methyl sites for hydroxylation is 1. The van der Waals surface area contributed by atoms with Crippen LogP contribution in [0.2, 0.25) is 0 Å². The Kier molecular flexibility index (Phi) is 6.37. The molecule has 1 unspecified atom stereocenters. The maximum absolute atomic E-state index is 5.83. The largest absolute Gasteiger partial charge is 0.487 e. The van der Waals surface area contributed by atoms with E-state index in [9.17, 15) is 0 Å². The van der Waals surface area contributed by atoms with Crippen molar-refractivity contribution in [2.75, 3.05) is 13.1 Å². The Morgan fingerprint density at radius 3 is 2.68 bits per heavy atom. The highest BCUT2D eigenvalue weighted by molar-refractivity contribution is 7.09. The van der Waals surface area contributed by atoms with E-state index in [4.69, 9.17) is 4.74 Å². The van der Waals surface area contributed by atoms with Gasteiger partial charge in [0.2, 0.25) is 0 Å². The standard InChI is InChI=1S/C23H27N3OS/c1-18-25-22(17-28-18)16-27-23-9-7-19(8-10-23)13-24-21-11-12-26(15-21)14-20-5-3-2-4-6-20/h2-10,17,21,24H,11-16H2,1H3. The maximum atomic E-state index is 5.83. The summed E-state index contributed by atoms with van der Waals surface area (Å²) < 4.78 is 5.83. The summed E-state index contributed by atoms with van der Waals surface area (Å²) in [4.78, 5) is 6.96. The molecular weight excluding hydrogens is 366 g/mol. The molecule has 4 nitrogen and oxygen atoms in total. The second-order valence-corrected chi connectivity index (χ2v) is 8.44. The smallest absolute Gasteiger partial charge is 0.131 e. The summed E-state index contributed by atoms with van der Waals surface area (Å²) >= 11 is 1.66. The first-order chi connectivity index (χ1) is 13.7. The minimum atomic E-state index is 0.529. The molecule has 0 radical (unpaired) electrons. The van der Waals surface area contributed by atoms with Gasteiger partial charge in [-0.15, -0.1) is 11.3 Å². The summed E-state index contributed by atoms with van der Waals surface area (Å²) in [5, 5.41) is 6.83. The quantitative estimate of drug-likeness (QED) is 0.616. The molecule has 0 spiro atoms. The molecule has 1 saturated heterocycles. The predicted octanol–water partition coefficient (Wildman–Crippen LogP) is 4.39. The van der Waals surface area contributed by atoms with E-state index < -0.39 is 0 Å². The molecule has 1 aliphatic heterocycles. The van der Waals surface area contributed by atoms with Gasteiger partial charge >= 0.3 is 0 Å². The second kappa shape index (κ2) is 9.32. The Labute approximate surface area is 171 Å². The third-order valence-electron chi connectivity index (χ3n) is 5.09. The van der Waals surface area contributed by atoms with Crippen LogP contribution >= 0.6 is 11.3 Å². The molecular formula is C23H27N3OS. The van der Waals surface area contributed by atoms with Gasteiger partial charge < -0.3 is 10.1 Å². The van der Waals surface area contributed by atoms with Crippen molar-refractivity contribution in [3.05, 3.63) is 81.8 Å². The van der Waals surface area contributed by atoms with Crippen LogP contribution in [-0.2, 0) is 19.7 Å². The lowest BCUT2D eigenvalue weighted by molar-refractivity contribution is 0.302. The van der Waals surface area contributed by atoms with Crippen LogP contribution in [0.15, 0.2) is 60.0 Å². The molecule has 146 valence electrons. The van der Waals surface area contributed by atoms with Crippen molar-refractivity contribution < 1.29 is 4.74 Å². The van der Waals surface area contributed by atoms with Crippen LogP contribution in [0, 0.1) is 6.92 Å². The van der Waals surface area contributed by atoms with Gasteiger partial charge in [-0.3, -0.25) is 4.90 Å². The zero-order valence-electron chi connectivity index (χ0n) is 16.3. The fourth-order valence-corrected chi connectivity index (χ4v) is 4.18. The number of rotatable bonds is 8. The number of thiazole rings is 1. The number of hydrogen-bond donors (Lipinski definition) is 1. The van der Waals surface area contributed by atoms with Gasteiger partial charge in [0.05, 0.1) is 10.7 Å². The number of ether oxygens (including phenoxy) is 1. The number of likely N-dealkylation sites (tertiary alicyclic amines) is 1. The summed E-state index contributed by atoms with van der Waals surface area (Å²) in [5.74, 6) is 0.893. The minimum Gasteiger partial charge on any atom is -0.487 e. The van der Waals surface area contributed by atoms with Crippen molar-refractivity contribution in [2.24, 2.45) is 0 Å². The highest BCUT2D eigenvalue weighted by Crippen LogP contribution is 2.17. The Bertz CT molecular complexity index is 863. The zero-order valence-corrected chi connectivity index (χ0v) is 17.1. The van der Waals surface area contributed by atoms with E-state index >= 15 is 0 Å². The SMILES string of the molecule is Cc1nc(COc2ccc(CNC3CCN(Cc4ccccc4)C3)cc2)cs1. The molecule has 0 saturated carbocycles. The van der Waals surface area contributed by atoms with Crippen LogP contribution in [0.25, 0.3) is 0 Å². The fraction of sp³-hybridized carbons (Fsp3) is 0.348. The summed E-state index contributed by atoms with van der Waals surface area (Å²) in [6.45, 7) is 6.76. The van der Waals surface area contributed by atoms with Crippen molar-refractivity contribution in [3.8, 4) is 5.75 Å². The van der Waals surface area contributed by atoms with Crippen molar-refractivity contribution >= 4 is 11.3 Å². The summed E-state index contributed by atoms with van der Waals surface area (Å²) in [6.07, 6.45) is 1.21. The Morgan fingerprint density at radius 2 is 1.93 bits per heavy atom. The van der Waals surface area contributed by atoms with Crippen LogP contribution in [0.1, 0.15) is 28.2 Å². The predicted molar refractivity (Wildman–Crippen MR) is 115 cm³/mol. The number of benzene rings is 2. The second-order valence-electron chi connectivity index (χ2n) is 7.38. The molecule has 2 aromatic carbocycles. The van der Waals surface area contributed by atoms with E-state index in [1.165, 1.54) is 17.5 Å². The first kappa shape index (κ1) is 19.1. The van der Waals surface area contributed by atoms with Crippen LogP contribution in [0.5, 0.6) is 5.75 Å². The Morgan fingerprint density at radius 1 is 1.11 bits per heavy atom. The molecule has 1 N–H and O–H groups in total. The molecule has 1 aliphatic rings. The Balaban J connectivity index is 1.20. The van der Waals surface area contributed by atoms with Gasteiger partial charge in [-0.2, -0.15) is 0 Å². The molecule has 0 amide bonds. The van der Waals surface area contributed by atoms with E-state index in [1.54, 1.807) is 11.3 Å². The van der Waals surface area contributed by atoms with E-state index in [-0.39, 0.29) is 0 Å². The molecule has 1 fully saturated rings. The van der Waals surface area contributed by atoms with Gasteiger partial charge in [-0.25, -0.2) is 4.98 Å². The molecule has 1 atom stereocenters. The zero-order chi connectivity index (χ0) is 19.2. The van der Waals surface area contributed by atoms with Gasteiger partial charge in [0, 0.05) is 37.6 Å². The van der Waals surface area contributed by atoms with Crippen LogP contribution in [-0.4, -0.2) is 29.0 Å². The summed E-state index contributed by atoms with van der Waals surface area (Å²) in [7, 11) is 0. The molecule has 4 rings (SSSR count). The average Bonchev–Trinajstić information content (AvgIpc) is 3.35. The van der Waals surface area contributed by atoms with E-state index in [0.717, 1.165) is 42.6 Å². The number of hydrogen-bond acceptors (Lipinski definition) is 5. The minimum absolute atomic E-state index is 0.529. The van der Waals surface area contributed by atoms with E-state index in [0.29, 0.717) is 12.6 Å². The van der Waals surface area contributed by atoms with Gasteiger partial charge in [-0.05, 0) is 36.6 Å². The Hall–Kier alpha value is -2.21. The van der Waals surface area contributed by atoms with Crippen LogP contribution in [0.4, 0.5) is 0 Å². The van der Waals surface area contributed by atoms with Crippen LogP contribution in [0.3, 0.4) is 0 Å². The fourth-order valence-electron chi connectivity index (χ4n) is 3.58. The lowest BCUT2D eigenvalue weighted by Gasteiger charge is -2.17. The maximum Gasteiger partial charge on any atom is 0.131 e. The topological polar surface area (TPSA) is 37.4 Å². The normalized spacial score (nSPS) is 17.1.